The molecule has 0 aromatic heterocycles. The van der Waals surface area contributed by atoms with E-state index in [0.29, 0.717) is 0 Å². The van der Waals surface area contributed by atoms with Crippen LogP contribution in [0.1, 0.15) is 30.9 Å². The molecular weight excluding hydrogens is 224 g/mol. The van der Waals surface area contributed by atoms with Crippen LogP contribution in [0.15, 0.2) is 18.2 Å². The summed E-state index contributed by atoms with van der Waals surface area (Å²) in [5.74, 6) is 1.02. The van der Waals surface area contributed by atoms with Gasteiger partial charge in [0.2, 0.25) is 0 Å². The molecule has 3 nitrogen and oxygen atoms in total. The third kappa shape index (κ3) is 5.07. The predicted octanol–water partition coefficient (Wildman–Crippen LogP) is 2.43. The van der Waals surface area contributed by atoms with E-state index in [4.69, 9.17) is 10.5 Å². The van der Waals surface area contributed by atoms with Crippen LogP contribution in [-0.4, -0.2) is 32.1 Å². The maximum Gasteiger partial charge on any atom is 0.123 e. The highest BCUT2D eigenvalue weighted by Gasteiger charge is 2.06. The molecular formula is C15H26N2O. The van der Waals surface area contributed by atoms with E-state index in [1.165, 1.54) is 11.1 Å². The third-order valence-electron chi connectivity index (χ3n) is 2.74. The first-order chi connectivity index (χ1) is 8.67. The molecule has 2 N–H and O–H groups in total. The van der Waals surface area contributed by atoms with Crippen molar-refractivity contribution >= 4 is 0 Å². The number of rotatable bonds is 8. The molecule has 0 unspecified atom stereocenters. The number of aryl methyl sites for hydroxylation is 1. The molecule has 1 aromatic rings. The number of nitrogens with two attached hydrogens (primary N) is 1. The van der Waals surface area contributed by atoms with Crippen molar-refractivity contribution in [1.29, 1.82) is 0 Å². The van der Waals surface area contributed by atoms with Gasteiger partial charge in [-0.2, -0.15) is 0 Å². The van der Waals surface area contributed by atoms with Crippen LogP contribution < -0.4 is 10.5 Å². The van der Waals surface area contributed by atoms with Gasteiger partial charge in [0, 0.05) is 12.1 Å². The second-order valence-electron chi connectivity index (χ2n) is 4.92. The van der Waals surface area contributed by atoms with Crippen LogP contribution in [0.3, 0.4) is 0 Å². The quantitative estimate of drug-likeness (QED) is 0.770. The Morgan fingerprint density at radius 1 is 1.28 bits per heavy atom. The fourth-order valence-electron chi connectivity index (χ4n) is 1.91. The van der Waals surface area contributed by atoms with Gasteiger partial charge in [-0.3, -0.25) is 0 Å². The fourth-order valence-corrected chi connectivity index (χ4v) is 1.91. The first kappa shape index (κ1) is 15.0. The molecule has 0 heterocycles. The van der Waals surface area contributed by atoms with Crippen molar-refractivity contribution in [2.45, 2.75) is 32.7 Å². The average molecular weight is 250 g/mol. The highest BCUT2D eigenvalue weighted by Crippen LogP contribution is 2.22. The standard InChI is InChI=1S/C15H26N2O/c1-4-10-18-15-8-7-13(6-5-9-16)11-14(15)12-17(2)3/h7-8,11H,4-6,9-10,12,16H2,1-3H3. The van der Waals surface area contributed by atoms with E-state index >= 15 is 0 Å². The SMILES string of the molecule is CCCOc1ccc(CCCN)cc1CN(C)C. The van der Waals surface area contributed by atoms with Crippen LogP contribution in [0.2, 0.25) is 0 Å². The Labute approximate surface area is 111 Å². The minimum atomic E-state index is 0.747. The van der Waals surface area contributed by atoms with Crippen molar-refractivity contribution in [3.8, 4) is 5.75 Å². The van der Waals surface area contributed by atoms with E-state index in [-0.39, 0.29) is 0 Å². The molecule has 0 radical (unpaired) electrons. The molecule has 0 amide bonds. The van der Waals surface area contributed by atoms with Gasteiger partial charge in [0.1, 0.15) is 5.75 Å². The van der Waals surface area contributed by atoms with Crippen LogP contribution in [0.5, 0.6) is 5.75 Å². The normalized spacial score (nSPS) is 10.9. The zero-order valence-corrected chi connectivity index (χ0v) is 11.9. The van der Waals surface area contributed by atoms with E-state index < -0.39 is 0 Å². The predicted molar refractivity (Wildman–Crippen MR) is 77.0 cm³/mol. The van der Waals surface area contributed by atoms with Crippen LogP contribution in [0.4, 0.5) is 0 Å². The maximum absolute atomic E-state index is 5.80. The molecule has 1 aromatic carbocycles. The monoisotopic (exact) mass is 250 g/mol. The Morgan fingerprint density at radius 3 is 2.67 bits per heavy atom. The first-order valence-electron chi connectivity index (χ1n) is 6.76. The van der Waals surface area contributed by atoms with Crippen LogP contribution in [0.25, 0.3) is 0 Å². The highest BCUT2D eigenvalue weighted by atomic mass is 16.5. The summed E-state index contributed by atoms with van der Waals surface area (Å²) >= 11 is 0. The molecule has 0 saturated heterocycles. The summed E-state index contributed by atoms with van der Waals surface area (Å²) in [4.78, 5) is 2.17. The van der Waals surface area contributed by atoms with Gasteiger partial charge >= 0.3 is 0 Å². The molecule has 0 saturated carbocycles. The van der Waals surface area contributed by atoms with Crippen molar-refractivity contribution in [1.82, 2.24) is 4.90 Å². The zero-order chi connectivity index (χ0) is 13.4. The molecule has 1 rings (SSSR count). The molecule has 0 fully saturated rings. The molecule has 0 atom stereocenters. The van der Waals surface area contributed by atoms with Gasteiger partial charge in [-0.05, 0) is 51.5 Å². The van der Waals surface area contributed by atoms with Gasteiger partial charge in [-0.1, -0.05) is 19.1 Å². The van der Waals surface area contributed by atoms with Gasteiger partial charge < -0.3 is 15.4 Å². The van der Waals surface area contributed by atoms with Crippen molar-refractivity contribution in [2.24, 2.45) is 5.73 Å². The minimum absolute atomic E-state index is 0.747. The molecule has 3 heteroatoms. The molecule has 0 aliphatic rings. The number of hydrogen-bond donors (Lipinski definition) is 1. The summed E-state index contributed by atoms with van der Waals surface area (Å²) < 4.78 is 5.80. The number of ether oxygens (including phenoxy) is 1. The Hall–Kier alpha value is -1.06. The Bertz CT molecular complexity index is 350. The number of hydrogen-bond acceptors (Lipinski definition) is 3. The van der Waals surface area contributed by atoms with Gasteiger partial charge in [-0.25, -0.2) is 0 Å². The summed E-state index contributed by atoms with van der Waals surface area (Å²) in [7, 11) is 4.16. The van der Waals surface area contributed by atoms with Gasteiger partial charge in [0.15, 0.2) is 0 Å². The highest BCUT2D eigenvalue weighted by molar-refractivity contribution is 5.37. The zero-order valence-electron chi connectivity index (χ0n) is 11.9. The molecule has 0 aliphatic carbocycles. The molecule has 0 aliphatic heterocycles. The first-order valence-corrected chi connectivity index (χ1v) is 6.76. The summed E-state index contributed by atoms with van der Waals surface area (Å²) in [5.41, 5.74) is 8.17. The summed E-state index contributed by atoms with van der Waals surface area (Å²) in [6.07, 6.45) is 3.12. The van der Waals surface area contributed by atoms with Crippen molar-refractivity contribution in [2.75, 3.05) is 27.2 Å². The van der Waals surface area contributed by atoms with Crippen molar-refractivity contribution in [3.05, 3.63) is 29.3 Å². The van der Waals surface area contributed by atoms with Crippen LogP contribution in [0, 0.1) is 0 Å². The average Bonchev–Trinajstić information content (AvgIpc) is 2.34. The Kier molecular flexibility index (Phi) is 6.76. The lowest BCUT2D eigenvalue weighted by Gasteiger charge is -2.16. The molecule has 0 bridgehead atoms. The smallest absolute Gasteiger partial charge is 0.123 e. The van der Waals surface area contributed by atoms with E-state index in [1.807, 2.05) is 0 Å². The van der Waals surface area contributed by atoms with Crippen LogP contribution in [-0.2, 0) is 13.0 Å². The molecule has 0 spiro atoms. The second-order valence-corrected chi connectivity index (χ2v) is 4.92. The molecule has 102 valence electrons. The summed E-state index contributed by atoms with van der Waals surface area (Å²) in [6.45, 7) is 4.57. The van der Waals surface area contributed by atoms with E-state index in [1.54, 1.807) is 0 Å². The van der Waals surface area contributed by atoms with Crippen LogP contribution >= 0.6 is 0 Å². The summed E-state index contributed by atoms with van der Waals surface area (Å²) in [6, 6.07) is 6.50. The van der Waals surface area contributed by atoms with E-state index in [0.717, 1.165) is 44.7 Å². The fraction of sp³-hybridized carbons (Fsp3) is 0.600. The number of nitrogens with zero attached hydrogens (tertiary/aromatic N) is 1. The summed E-state index contributed by atoms with van der Waals surface area (Å²) in [5, 5.41) is 0. The van der Waals surface area contributed by atoms with E-state index in [9.17, 15) is 0 Å². The number of benzene rings is 1. The lowest BCUT2D eigenvalue weighted by molar-refractivity contribution is 0.306. The van der Waals surface area contributed by atoms with Gasteiger partial charge in [-0.15, -0.1) is 0 Å². The topological polar surface area (TPSA) is 38.5 Å². The van der Waals surface area contributed by atoms with E-state index in [2.05, 4.69) is 44.1 Å². The third-order valence-corrected chi connectivity index (χ3v) is 2.74. The van der Waals surface area contributed by atoms with Gasteiger partial charge in [0.05, 0.1) is 6.61 Å². The molecule has 18 heavy (non-hydrogen) atoms. The Balaban J connectivity index is 2.81. The second kappa shape index (κ2) is 8.11. The lowest BCUT2D eigenvalue weighted by atomic mass is 10.1. The van der Waals surface area contributed by atoms with Crippen molar-refractivity contribution < 1.29 is 4.74 Å². The largest absolute Gasteiger partial charge is 0.493 e. The lowest BCUT2D eigenvalue weighted by Crippen LogP contribution is -2.12. The Morgan fingerprint density at radius 2 is 2.06 bits per heavy atom. The van der Waals surface area contributed by atoms with Gasteiger partial charge in [0.25, 0.3) is 0 Å². The maximum atomic E-state index is 5.80. The van der Waals surface area contributed by atoms with Crippen molar-refractivity contribution in [3.63, 3.8) is 0 Å². The minimum Gasteiger partial charge on any atom is -0.493 e.